The smallest absolute Gasteiger partial charge is 0.321 e. The van der Waals surface area contributed by atoms with Gasteiger partial charge in [0.1, 0.15) is 0 Å². The van der Waals surface area contributed by atoms with E-state index in [-0.39, 0.29) is 6.03 Å². The van der Waals surface area contributed by atoms with E-state index in [1.54, 1.807) is 4.90 Å². The molecule has 2 rings (SSSR count). The largest absolute Gasteiger partial charge is 0.338 e. The predicted molar refractivity (Wildman–Crippen MR) is 74.9 cm³/mol. The van der Waals surface area contributed by atoms with Gasteiger partial charge in [0, 0.05) is 26.5 Å². The number of amides is 2. The molecule has 0 saturated carbocycles. The van der Waals surface area contributed by atoms with Crippen LogP contribution in [-0.2, 0) is 0 Å². The summed E-state index contributed by atoms with van der Waals surface area (Å²) in [6.45, 7) is 1.49. The molecule has 16 heavy (non-hydrogen) atoms. The second-order valence-electron chi connectivity index (χ2n) is 3.46. The lowest BCUT2D eigenvalue weighted by atomic mass is 10.2. The number of anilines is 1. The second-order valence-corrected chi connectivity index (χ2v) is 6.08. The molecule has 0 atom stereocenters. The van der Waals surface area contributed by atoms with E-state index in [1.165, 1.54) is 0 Å². The van der Waals surface area contributed by atoms with Crippen LogP contribution in [0.15, 0.2) is 25.6 Å². The zero-order valence-corrected chi connectivity index (χ0v) is 13.0. The maximum Gasteiger partial charge on any atom is 0.321 e. The Morgan fingerprint density at radius 3 is 2.38 bits per heavy atom. The summed E-state index contributed by atoms with van der Waals surface area (Å²) >= 11 is 10.4. The molecule has 2 amide bonds. The minimum absolute atomic E-state index is 0.0463. The maximum atomic E-state index is 11.7. The lowest BCUT2D eigenvalue weighted by Crippen LogP contribution is -2.46. The molecule has 86 valence electrons. The highest BCUT2D eigenvalue weighted by Crippen LogP contribution is 2.37. The molecule has 1 saturated heterocycles. The van der Waals surface area contributed by atoms with Crippen molar-refractivity contribution in [1.82, 2.24) is 5.32 Å². The highest BCUT2D eigenvalue weighted by molar-refractivity contribution is 9.11. The number of carbonyl (C=O) groups excluding carboxylic acids is 1. The van der Waals surface area contributed by atoms with Crippen LogP contribution in [0.3, 0.4) is 0 Å². The van der Waals surface area contributed by atoms with Gasteiger partial charge >= 0.3 is 6.03 Å². The van der Waals surface area contributed by atoms with Gasteiger partial charge < -0.3 is 5.32 Å². The fourth-order valence-electron chi connectivity index (χ4n) is 1.64. The van der Waals surface area contributed by atoms with Crippen LogP contribution in [0, 0.1) is 0 Å². The van der Waals surface area contributed by atoms with Crippen LogP contribution in [0.2, 0.25) is 0 Å². The third-order valence-corrected chi connectivity index (χ3v) is 4.00. The second kappa shape index (κ2) is 5.06. The molecule has 0 unspecified atom stereocenters. The average Bonchev–Trinajstić information content (AvgIpc) is 2.19. The van der Waals surface area contributed by atoms with E-state index in [1.807, 2.05) is 12.1 Å². The lowest BCUT2D eigenvalue weighted by molar-refractivity contribution is 0.243. The molecular weight excluding hydrogens is 404 g/mol. The number of carbonyl (C=O) groups is 1. The first-order valence-electron chi connectivity index (χ1n) is 4.79. The van der Waals surface area contributed by atoms with Gasteiger partial charge in [-0.1, -0.05) is 15.9 Å². The monoisotopic (exact) mass is 410 g/mol. The fraction of sp³-hybridized carbons (Fsp3) is 0.300. The van der Waals surface area contributed by atoms with E-state index in [9.17, 15) is 4.79 Å². The SMILES string of the molecule is O=C1NCCCN1c1c(Br)cc(Br)cc1Br. The molecule has 1 N–H and O–H groups in total. The van der Waals surface area contributed by atoms with Crippen LogP contribution in [0.4, 0.5) is 10.5 Å². The van der Waals surface area contributed by atoms with Gasteiger partial charge in [-0.2, -0.15) is 0 Å². The van der Waals surface area contributed by atoms with Crippen molar-refractivity contribution in [3.63, 3.8) is 0 Å². The van der Waals surface area contributed by atoms with Crippen LogP contribution in [-0.4, -0.2) is 19.1 Å². The van der Waals surface area contributed by atoms with Gasteiger partial charge in [-0.25, -0.2) is 4.79 Å². The van der Waals surface area contributed by atoms with Gasteiger partial charge in [-0.15, -0.1) is 0 Å². The zero-order valence-electron chi connectivity index (χ0n) is 8.27. The standard InChI is InChI=1S/C10H9Br3N2O/c11-6-4-7(12)9(8(13)5-6)15-3-1-2-14-10(15)16/h4-5H,1-3H2,(H,14,16). The Balaban J connectivity index is 2.42. The predicted octanol–water partition coefficient (Wildman–Crippen LogP) is 3.89. The third-order valence-electron chi connectivity index (χ3n) is 2.33. The Bertz CT molecular complexity index is 413. The summed E-state index contributed by atoms with van der Waals surface area (Å²) in [5, 5.41) is 2.83. The summed E-state index contributed by atoms with van der Waals surface area (Å²) in [4.78, 5) is 13.5. The molecule has 6 heteroatoms. The molecule has 1 aromatic rings. The number of nitrogens with zero attached hydrogens (tertiary/aromatic N) is 1. The number of hydrogen-bond donors (Lipinski definition) is 1. The number of nitrogens with one attached hydrogen (secondary N) is 1. The Morgan fingerprint density at radius 1 is 1.19 bits per heavy atom. The van der Waals surface area contributed by atoms with Crippen LogP contribution in [0.25, 0.3) is 0 Å². The first-order valence-corrected chi connectivity index (χ1v) is 7.17. The first-order chi connectivity index (χ1) is 7.59. The summed E-state index contributed by atoms with van der Waals surface area (Å²) < 4.78 is 2.75. The van der Waals surface area contributed by atoms with E-state index in [2.05, 4.69) is 53.1 Å². The summed E-state index contributed by atoms with van der Waals surface area (Å²) in [6, 6.07) is 3.82. The molecule has 1 aliphatic rings. The van der Waals surface area contributed by atoms with Crippen molar-refractivity contribution >= 4 is 59.5 Å². The summed E-state index contributed by atoms with van der Waals surface area (Å²) in [5.41, 5.74) is 0.875. The van der Waals surface area contributed by atoms with Crippen molar-refractivity contribution in [2.45, 2.75) is 6.42 Å². The van der Waals surface area contributed by atoms with Crippen LogP contribution in [0.5, 0.6) is 0 Å². The van der Waals surface area contributed by atoms with Gasteiger partial charge in [0.05, 0.1) is 5.69 Å². The minimum atomic E-state index is -0.0463. The molecule has 3 nitrogen and oxygen atoms in total. The van der Waals surface area contributed by atoms with E-state index in [0.29, 0.717) is 0 Å². The van der Waals surface area contributed by atoms with Crippen LogP contribution in [0.1, 0.15) is 6.42 Å². The normalized spacial score (nSPS) is 16.2. The Labute approximate surface area is 119 Å². The van der Waals surface area contributed by atoms with Crippen molar-refractivity contribution in [1.29, 1.82) is 0 Å². The maximum absolute atomic E-state index is 11.7. The lowest BCUT2D eigenvalue weighted by Gasteiger charge is -2.29. The summed E-state index contributed by atoms with van der Waals surface area (Å²) in [5.74, 6) is 0. The zero-order chi connectivity index (χ0) is 11.7. The van der Waals surface area contributed by atoms with E-state index in [4.69, 9.17) is 0 Å². The quantitative estimate of drug-likeness (QED) is 0.745. The number of rotatable bonds is 1. The van der Waals surface area contributed by atoms with E-state index >= 15 is 0 Å². The van der Waals surface area contributed by atoms with Gasteiger partial charge in [-0.05, 0) is 50.4 Å². The average molecular weight is 413 g/mol. The fourth-order valence-corrected chi connectivity index (χ4v) is 4.32. The Kier molecular flexibility index (Phi) is 3.92. The van der Waals surface area contributed by atoms with Crippen molar-refractivity contribution < 1.29 is 4.79 Å². The van der Waals surface area contributed by atoms with E-state index in [0.717, 1.165) is 38.6 Å². The molecule has 1 aliphatic heterocycles. The highest BCUT2D eigenvalue weighted by Gasteiger charge is 2.23. The van der Waals surface area contributed by atoms with Gasteiger partial charge in [0.2, 0.25) is 0 Å². The molecule has 1 heterocycles. The molecule has 0 aromatic heterocycles. The van der Waals surface area contributed by atoms with Crippen molar-refractivity contribution in [2.24, 2.45) is 0 Å². The Hall–Kier alpha value is -0.0700. The van der Waals surface area contributed by atoms with Gasteiger partial charge in [0.15, 0.2) is 0 Å². The Morgan fingerprint density at radius 2 is 1.81 bits per heavy atom. The number of hydrogen-bond acceptors (Lipinski definition) is 1. The molecular formula is C10H9Br3N2O. The van der Waals surface area contributed by atoms with E-state index < -0.39 is 0 Å². The third kappa shape index (κ3) is 2.43. The van der Waals surface area contributed by atoms with Crippen molar-refractivity contribution in [3.8, 4) is 0 Å². The van der Waals surface area contributed by atoms with Crippen LogP contribution < -0.4 is 10.2 Å². The van der Waals surface area contributed by atoms with Crippen molar-refractivity contribution in [2.75, 3.05) is 18.0 Å². The highest BCUT2D eigenvalue weighted by atomic mass is 79.9. The first kappa shape index (κ1) is 12.4. The molecule has 0 spiro atoms. The molecule has 1 fully saturated rings. The van der Waals surface area contributed by atoms with Gasteiger partial charge in [-0.3, -0.25) is 4.90 Å². The number of benzene rings is 1. The summed E-state index contributed by atoms with van der Waals surface area (Å²) in [6.07, 6.45) is 0.959. The van der Waals surface area contributed by atoms with Crippen molar-refractivity contribution in [3.05, 3.63) is 25.6 Å². The topological polar surface area (TPSA) is 32.3 Å². The molecule has 0 radical (unpaired) electrons. The van der Waals surface area contributed by atoms with Gasteiger partial charge in [0.25, 0.3) is 0 Å². The molecule has 0 aliphatic carbocycles. The number of urea groups is 1. The summed E-state index contributed by atoms with van der Waals surface area (Å²) in [7, 11) is 0. The minimum Gasteiger partial charge on any atom is -0.338 e. The van der Waals surface area contributed by atoms with Crippen LogP contribution >= 0.6 is 47.8 Å². The number of halogens is 3. The molecule has 1 aromatic carbocycles. The molecule has 0 bridgehead atoms.